The Hall–Kier alpha value is -2.54. The number of rotatable bonds is 27. The van der Waals surface area contributed by atoms with Gasteiger partial charge >= 0.3 is 17.9 Å². The van der Waals surface area contributed by atoms with Crippen LogP contribution in [0.5, 0.6) is 0 Å². The molecule has 0 fully saturated rings. The van der Waals surface area contributed by atoms with E-state index in [1.54, 1.807) is 6.92 Å². The number of carboxylic acids is 1. The quantitative estimate of drug-likeness (QED) is 0.0543. The van der Waals surface area contributed by atoms with Crippen LogP contribution in [-0.4, -0.2) is 111 Å². The number of carboxylic acid groups (broad SMARTS) is 1. The number of aliphatic hydroxyl groups excluding tert-OH is 1. The lowest BCUT2D eigenvalue weighted by Crippen LogP contribution is -2.42. The SMILES string of the molecule is C=C(C)C(=O)OCCCCCCOC(=O)C(C)CNCCN(CCNCCCCO)CCNC(=O)CCC(=O)O. The van der Waals surface area contributed by atoms with Gasteiger partial charge < -0.3 is 35.6 Å². The maximum Gasteiger partial charge on any atom is 0.333 e. The lowest BCUT2D eigenvalue weighted by atomic mass is 10.2. The summed E-state index contributed by atoms with van der Waals surface area (Å²) in [6, 6.07) is 0. The molecule has 0 radical (unpaired) electrons. The van der Waals surface area contributed by atoms with Gasteiger partial charge in [-0.15, -0.1) is 0 Å². The Morgan fingerprint density at radius 3 is 2.08 bits per heavy atom. The summed E-state index contributed by atoms with van der Waals surface area (Å²) < 4.78 is 10.4. The third-order valence-electron chi connectivity index (χ3n) is 6.00. The highest BCUT2D eigenvalue weighted by atomic mass is 16.5. The summed E-state index contributed by atoms with van der Waals surface area (Å²) in [7, 11) is 0. The molecule has 5 N–H and O–H groups in total. The van der Waals surface area contributed by atoms with Gasteiger partial charge in [0, 0.05) is 64.4 Å². The molecule has 1 amide bonds. The first-order valence-electron chi connectivity index (χ1n) is 14.4. The molecule has 12 heteroatoms. The minimum absolute atomic E-state index is 0.0374. The zero-order chi connectivity index (χ0) is 30.0. The van der Waals surface area contributed by atoms with Gasteiger partial charge in [0.2, 0.25) is 5.91 Å². The first-order chi connectivity index (χ1) is 19.2. The van der Waals surface area contributed by atoms with Gasteiger partial charge in [0.15, 0.2) is 0 Å². The predicted molar refractivity (Wildman–Crippen MR) is 153 cm³/mol. The summed E-state index contributed by atoms with van der Waals surface area (Å²) in [4.78, 5) is 48.1. The maximum atomic E-state index is 12.3. The number of hydrogen-bond donors (Lipinski definition) is 5. The molecule has 0 saturated heterocycles. The summed E-state index contributed by atoms with van der Waals surface area (Å²) in [6.07, 6.45) is 4.74. The van der Waals surface area contributed by atoms with Crippen LogP contribution in [0.3, 0.4) is 0 Å². The maximum absolute atomic E-state index is 12.3. The predicted octanol–water partition coefficient (Wildman–Crippen LogP) is 1.08. The fraction of sp³-hybridized carbons (Fsp3) is 0.786. The smallest absolute Gasteiger partial charge is 0.333 e. The summed E-state index contributed by atoms with van der Waals surface area (Å²) in [6.45, 7) is 13.2. The zero-order valence-electron chi connectivity index (χ0n) is 24.5. The summed E-state index contributed by atoms with van der Waals surface area (Å²) in [5, 5.41) is 27.0. The van der Waals surface area contributed by atoms with Crippen molar-refractivity contribution in [2.75, 3.05) is 72.2 Å². The van der Waals surface area contributed by atoms with Gasteiger partial charge in [-0.3, -0.25) is 19.3 Å². The minimum Gasteiger partial charge on any atom is -0.481 e. The average molecular weight is 573 g/mol. The molecule has 0 heterocycles. The van der Waals surface area contributed by atoms with Crippen LogP contribution in [0.4, 0.5) is 0 Å². The van der Waals surface area contributed by atoms with Crippen molar-refractivity contribution in [3.8, 4) is 0 Å². The molecule has 0 aliphatic rings. The van der Waals surface area contributed by atoms with Crippen molar-refractivity contribution >= 4 is 23.8 Å². The Morgan fingerprint density at radius 1 is 0.825 bits per heavy atom. The number of aliphatic hydroxyl groups is 1. The van der Waals surface area contributed by atoms with Crippen molar-refractivity contribution < 1.29 is 38.9 Å². The third-order valence-corrected chi connectivity index (χ3v) is 6.00. The minimum atomic E-state index is -0.996. The van der Waals surface area contributed by atoms with Gasteiger partial charge in [0.25, 0.3) is 0 Å². The summed E-state index contributed by atoms with van der Waals surface area (Å²) >= 11 is 0. The van der Waals surface area contributed by atoms with Crippen molar-refractivity contribution in [2.24, 2.45) is 5.92 Å². The normalized spacial score (nSPS) is 11.7. The van der Waals surface area contributed by atoms with Crippen molar-refractivity contribution in [1.29, 1.82) is 0 Å². The van der Waals surface area contributed by atoms with E-state index >= 15 is 0 Å². The second kappa shape index (κ2) is 25.4. The van der Waals surface area contributed by atoms with Crippen LogP contribution in [0.25, 0.3) is 0 Å². The molecule has 0 rings (SSSR count). The second-order valence-corrected chi connectivity index (χ2v) is 9.87. The number of aliphatic carboxylic acids is 1. The Kier molecular flexibility index (Phi) is 23.8. The number of ether oxygens (including phenoxy) is 2. The van der Waals surface area contributed by atoms with Crippen LogP contribution in [-0.2, 0) is 28.7 Å². The Balaban J connectivity index is 4.14. The molecule has 1 atom stereocenters. The molecule has 0 aromatic rings. The van der Waals surface area contributed by atoms with Crippen LogP contribution in [0, 0.1) is 5.92 Å². The molecule has 0 aliphatic heterocycles. The lowest BCUT2D eigenvalue weighted by Gasteiger charge is -2.23. The van der Waals surface area contributed by atoms with Gasteiger partial charge in [-0.25, -0.2) is 4.79 Å². The Bertz CT molecular complexity index is 735. The number of hydrogen-bond acceptors (Lipinski definition) is 10. The van der Waals surface area contributed by atoms with E-state index in [4.69, 9.17) is 19.7 Å². The van der Waals surface area contributed by atoms with E-state index in [0.717, 1.165) is 58.2 Å². The van der Waals surface area contributed by atoms with Crippen LogP contribution < -0.4 is 16.0 Å². The Labute approximate surface area is 239 Å². The molecule has 0 aromatic heterocycles. The van der Waals surface area contributed by atoms with Crippen LogP contribution >= 0.6 is 0 Å². The molecule has 0 saturated carbocycles. The van der Waals surface area contributed by atoms with Crippen molar-refractivity contribution in [2.45, 2.75) is 65.2 Å². The van der Waals surface area contributed by atoms with E-state index in [1.807, 2.05) is 6.92 Å². The lowest BCUT2D eigenvalue weighted by molar-refractivity contribution is -0.148. The fourth-order valence-corrected chi connectivity index (χ4v) is 3.52. The largest absolute Gasteiger partial charge is 0.481 e. The molecule has 0 aromatic carbocycles. The van der Waals surface area contributed by atoms with Crippen molar-refractivity contribution in [3.05, 3.63) is 12.2 Å². The van der Waals surface area contributed by atoms with Crippen LogP contribution in [0.1, 0.15) is 65.2 Å². The number of unbranched alkanes of at least 4 members (excludes halogenated alkanes) is 4. The molecule has 0 aliphatic carbocycles. The molecule has 232 valence electrons. The monoisotopic (exact) mass is 572 g/mol. The third kappa shape index (κ3) is 23.4. The average Bonchev–Trinajstić information content (AvgIpc) is 2.92. The number of carbonyl (C=O) groups excluding carboxylic acids is 3. The topological polar surface area (TPSA) is 167 Å². The summed E-state index contributed by atoms with van der Waals surface area (Å²) in [5.41, 5.74) is 0.392. The van der Waals surface area contributed by atoms with E-state index in [2.05, 4.69) is 27.4 Å². The van der Waals surface area contributed by atoms with Gasteiger partial charge in [-0.05, 0) is 52.0 Å². The molecular weight excluding hydrogens is 520 g/mol. The highest BCUT2D eigenvalue weighted by molar-refractivity contribution is 5.86. The number of carbonyl (C=O) groups is 4. The molecule has 40 heavy (non-hydrogen) atoms. The van der Waals surface area contributed by atoms with Gasteiger partial charge in [-0.1, -0.05) is 13.5 Å². The summed E-state index contributed by atoms with van der Waals surface area (Å²) in [5.74, 6) is -2.17. The van der Waals surface area contributed by atoms with Crippen molar-refractivity contribution in [3.63, 3.8) is 0 Å². The zero-order valence-corrected chi connectivity index (χ0v) is 24.5. The highest BCUT2D eigenvalue weighted by Gasteiger charge is 2.14. The molecule has 0 spiro atoms. The number of nitrogens with one attached hydrogen (secondary N) is 3. The van der Waals surface area contributed by atoms with Crippen LogP contribution in [0.15, 0.2) is 12.2 Å². The fourth-order valence-electron chi connectivity index (χ4n) is 3.52. The van der Waals surface area contributed by atoms with Crippen LogP contribution in [0.2, 0.25) is 0 Å². The Morgan fingerprint density at radius 2 is 1.45 bits per heavy atom. The van der Waals surface area contributed by atoms with Gasteiger partial charge in [0.05, 0.1) is 25.6 Å². The van der Waals surface area contributed by atoms with E-state index in [0.29, 0.717) is 51.5 Å². The number of esters is 2. The molecular formula is C28H52N4O8. The molecule has 12 nitrogen and oxygen atoms in total. The van der Waals surface area contributed by atoms with E-state index in [1.165, 1.54) is 0 Å². The standard InChI is InChI=1S/C28H52N4O8/c1-23(2)27(37)39-20-8-4-5-9-21-40-28(38)24(3)22-30-14-17-32(16-13-29-12-6-7-19-33)18-15-31-25(34)10-11-26(35)36/h24,29-30,33H,1,4-22H2,2-3H3,(H,31,34)(H,35,36). The van der Waals surface area contributed by atoms with Crippen molar-refractivity contribution in [1.82, 2.24) is 20.9 Å². The number of nitrogens with zero attached hydrogens (tertiary/aromatic N) is 1. The van der Waals surface area contributed by atoms with Gasteiger partial charge in [-0.2, -0.15) is 0 Å². The molecule has 1 unspecified atom stereocenters. The molecule has 0 bridgehead atoms. The first kappa shape index (κ1) is 37.5. The first-order valence-corrected chi connectivity index (χ1v) is 14.4. The van der Waals surface area contributed by atoms with E-state index < -0.39 is 5.97 Å². The van der Waals surface area contributed by atoms with Gasteiger partial charge in [0.1, 0.15) is 0 Å². The highest BCUT2D eigenvalue weighted by Crippen LogP contribution is 2.04. The number of amides is 1. The van der Waals surface area contributed by atoms with E-state index in [9.17, 15) is 19.2 Å². The van der Waals surface area contributed by atoms with E-state index in [-0.39, 0.29) is 43.2 Å². The second-order valence-electron chi connectivity index (χ2n) is 9.87.